The van der Waals surface area contributed by atoms with E-state index >= 15 is 0 Å². The predicted molar refractivity (Wildman–Crippen MR) is 48.4 cm³/mol. The van der Waals surface area contributed by atoms with Crippen LogP contribution in [-0.2, 0) is 4.79 Å². The fourth-order valence-corrected chi connectivity index (χ4v) is 1.35. The van der Waals surface area contributed by atoms with Crippen molar-refractivity contribution in [2.75, 3.05) is 6.54 Å². The number of hydrogen-bond donors (Lipinski definition) is 3. The van der Waals surface area contributed by atoms with Gasteiger partial charge in [-0.05, 0) is 19.3 Å². The van der Waals surface area contributed by atoms with Gasteiger partial charge in [0.1, 0.15) is 0 Å². The van der Waals surface area contributed by atoms with Crippen LogP contribution >= 0.6 is 0 Å². The summed E-state index contributed by atoms with van der Waals surface area (Å²) < 4.78 is 0. The Kier molecular flexibility index (Phi) is 2.93. The lowest BCUT2D eigenvalue weighted by atomic mass is 10.1. The van der Waals surface area contributed by atoms with Gasteiger partial charge in [-0.2, -0.15) is 0 Å². The molecule has 3 unspecified atom stereocenters. The number of hydrogen-bond acceptors (Lipinski definition) is 3. The Labute approximate surface area is 78.0 Å². The number of carbonyl (C=O) groups is 1. The molecule has 0 heterocycles. The van der Waals surface area contributed by atoms with Crippen molar-refractivity contribution in [1.29, 1.82) is 0 Å². The summed E-state index contributed by atoms with van der Waals surface area (Å²) >= 11 is 0. The molecule has 0 bridgehead atoms. The number of rotatable bonds is 5. The van der Waals surface area contributed by atoms with Gasteiger partial charge in [0.2, 0.25) is 0 Å². The van der Waals surface area contributed by atoms with Crippen molar-refractivity contribution in [2.24, 2.45) is 5.92 Å². The molecule has 4 heteroatoms. The average Bonchev–Trinajstić information content (AvgIpc) is 2.79. The minimum Gasteiger partial charge on any atom is -0.479 e. The van der Waals surface area contributed by atoms with E-state index in [-0.39, 0.29) is 6.54 Å². The molecule has 76 valence electrons. The first kappa shape index (κ1) is 10.5. The van der Waals surface area contributed by atoms with Crippen LogP contribution in [0.5, 0.6) is 0 Å². The summed E-state index contributed by atoms with van der Waals surface area (Å²) in [7, 11) is 0. The third kappa shape index (κ3) is 2.67. The maximum Gasteiger partial charge on any atom is 0.336 e. The molecule has 1 saturated carbocycles. The molecule has 0 saturated heterocycles. The van der Waals surface area contributed by atoms with Crippen molar-refractivity contribution in [3.63, 3.8) is 0 Å². The SMILES string of the molecule is CCC1CC1NCC(C)(O)C(=O)O. The standard InChI is InChI=1S/C9H17NO3/c1-3-6-4-7(6)10-5-9(2,13)8(11)12/h6-7,10,13H,3-5H2,1-2H3,(H,11,12). The van der Waals surface area contributed by atoms with Gasteiger partial charge in [-0.1, -0.05) is 13.3 Å². The summed E-state index contributed by atoms with van der Waals surface area (Å²) in [5, 5.41) is 21.0. The van der Waals surface area contributed by atoms with Crippen LogP contribution < -0.4 is 5.32 Å². The summed E-state index contributed by atoms with van der Waals surface area (Å²) in [4.78, 5) is 10.5. The van der Waals surface area contributed by atoms with E-state index in [4.69, 9.17) is 5.11 Å². The maximum absolute atomic E-state index is 10.5. The van der Waals surface area contributed by atoms with Gasteiger partial charge in [0.05, 0.1) is 0 Å². The maximum atomic E-state index is 10.5. The molecule has 0 aromatic heterocycles. The third-order valence-corrected chi connectivity index (χ3v) is 2.62. The molecule has 1 fully saturated rings. The van der Waals surface area contributed by atoms with Gasteiger partial charge in [-0.15, -0.1) is 0 Å². The highest BCUT2D eigenvalue weighted by Gasteiger charge is 2.38. The molecule has 4 nitrogen and oxygen atoms in total. The van der Waals surface area contributed by atoms with Crippen LogP contribution in [0.2, 0.25) is 0 Å². The number of aliphatic carboxylic acids is 1. The molecular formula is C9H17NO3. The van der Waals surface area contributed by atoms with Crippen LogP contribution in [0, 0.1) is 5.92 Å². The Morgan fingerprint density at radius 1 is 1.69 bits per heavy atom. The molecule has 1 aliphatic carbocycles. The normalized spacial score (nSPS) is 31.0. The highest BCUT2D eigenvalue weighted by atomic mass is 16.4. The quantitative estimate of drug-likeness (QED) is 0.575. The van der Waals surface area contributed by atoms with Crippen molar-refractivity contribution >= 4 is 5.97 Å². The molecule has 0 radical (unpaired) electrons. The van der Waals surface area contributed by atoms with E-state index in [1.54, 1.807) is 0 Å². The van der Waals surface area contributed by atoms with Gasteiger partial charge >= 0.3 is 5.97 Å². The Balaban J connectivity index is 2.23. The molecule has 0 amide bonds. The molecule has 1 aliphatic rings. The zero-order valence-electron chi connectivity index (χ0n) is 8.08. The Bertz CT molecular complexity index is 203. The summed E-state index contributed by atoms with van der Waals surface area (Å²) in [6, 6.07) is 0.413. The Morgan fingerprint density at radius 2 is 2.31 bits per heavy atom. The minimum absolute atomic E-state index is 0.128. The third-order valence-electron chi connectivity index (χ3n) is 2.62. The first-order valence-corrected chi connectivity index (χ1v) is 4.66. The number of nitrogens with one attached hydrogen (secondary N) is 1. The number of carboxylic acid groups (broad SMARTS) is 1. The molecule has 1 rings (SSSR count). The van der Waals surface area contributed by atoms with Crippen LogP contribution in [0.1, 0.15) is 26.7 Å². The van der Waals surface area contributed by atoms with Gasteiger partial charge in [0, 0.05) is 12.6 Å². The molecular weight excluding hydrogens is 170 g/mol. The monoisotopic (exact) mass is 187 g/mol. The van der Waals surface area contributed by atoms with Crippen molar-refractivity contribution in [2.45, 2.75) is 38.3 Å². The topological polar surface area (TPSA) is 69.6 Å². The Hall–Kier alpha value is -0.610. The molecule has 0 aliphatic heterocycles. The Morgan fingerprint density at radius 3 is 2.69 bits per heavy atom. The second kappa shape index (κ2) is 3.64. The lowest BCUT2D eigenvalue weighted by molar-refractivity contribution is -0.156. The first-order valence-electron chi connectivity index (χ1n) is 4.66. The van der Waals surface area contributed by atoms with Gasteiger partial charge in [-0.25, -0.2) is 4.79 Å². The zero-order valence-corrected chi connectivity index (χ0v) is 8.08. The smallest absolute Gasteiger partial charge is 0.336 e. The zero-order chi connectivity index (χ0) is 10.1. The van der Waals surface area contributed by atoms with Crippen LogP contribution in [0.4, 0.5) is 0 Å². The second-order valence-electron chi connectivity index (χ2n) is 3.97. The molecule has 0 aromatic carbocycles. The highest BCUT2D eigenvalue weighted by Crippen LogP contribution is 2.33. The molecule has 0 aromatic rings. The van der Waals surface area contributed by atoms with E-state index in [1.807, 2.05) is 0 Å². The molecule has 3 atom stereocenters. The van der Waals surface area contributed by atoms with E-state index in [9.17, 15) is 9.90 Å². The van der Waals surface area contributed by atoms with Crippen molar-refractivity contribution in [1.82, 2.24) is 5.32 Å². The fourth-order valence-electron chi connectivity index (χ4n) is 1.35. The van der Waals surface area contributed by atoms with E-state index in [2.05, 4.69) is 12.2 Å². The van der Waals surface area contributed by atoms with Gasteiger partial charge in [-0.3, -0.25) is 0 Å². The lowest BCUT2D eigenvalue weighted by Gasteiger charge is -2.18. The van der Waals surface area contributed by atoms with E-state index in [0.717, 1.165) is 12.8 Å². The van der Waals surface area contributed by atoms with Gasteiger partial charge < -0.3 is 15.5 Å². The molecule has 0 spiro atoms. The lowest BCUT2D eigenvalue weighted by Crippen LogP contribution is -2.45. The number of aliphatic hydroxyl groups is 1. The summed E-state index contributed by atoms with van der Waals surface area (Å²) in [5.41, 5.74) is -1.64. The highest BCUT2D eigenvalue weighted by molar-refractivity contribution is 5.76. The molecule has 13 heavy (non-hydrogen) atoms. The molecule has 3 N–H and O–H groups in total. The van der Waals surface area contributed by atoms with E-state index in [1.165, 1.54) is 6.92 Å². The van der Waals surface area contributed by atoms with Crippen LogP contribution in [0.15, 0.2) is 0 Å². The van der Waals surface area contributed by atoms with Gasteiger partial charge in [0.15, 0.2) is 5.60 Å². The summed E-state index contributed by atoms with van der Waals surface area (Å²) in [6.45, 7) is 3.55. The summed E-state index contributed by atoms with van der Waals surface area (Å²) in [5.74, 6) is -0.502. The number of carboxylic acids is 1. The summed E-state index contributed by atoms with van der Waals surface area (Å²) in [6.07, 6.45) is 2.22. The largest absolute Gasteiger partial charge is 0.479 e. The van der Waals surface area contributed by atoms with E-state index in [0.29, 0.717) is 12.0 Å². The first-order chi connectivity index (χ1) is 5.97. The average molecular weight is 187 g/mol. The van der Waals surface area contributed by atoms with Crippen LogP contribution in [0.25, 0.3) is 0 Å². The van der Waals surface area contributed by atoms with Crippen LogP contribution in [-0.4, -0.2) is 34.4 Å². The fraction of sp³-hybridized carbons (Fsp3) is 0.889. The van der Waals surface area contributed by atoms with Gasteiger partial charge in [0.25, 0.3) is 0 Å². The minimum atomic E-state index is -1.64. The van der Waals surface area contributed by atoms with E-state index < -0.39 is 11.6 Å². The van der Waals surface area contributed by atoms with Crippen molar-refractivity contribution < 1.29 is 15.0 Å². The second-order valence-corrected chi connectivity index (χ2v) is 3.97. The van der Waals surface area contributed by atoms with Crippen LogP contribution in [0.3, 0.4) is 0 Å². The predicted octanol–water partition coefficient (Wildman–Crippen LogP) is 0.210. The van der Waals surface area contributed by atoms with Crippen molar-refractivity contribution in [3.05, 3.63) is 0 Å². The van der Waals surface area contributed by atoms with Crippen molar-refractivity contribution in [3.8, 4) is 0 Å².